The molecule has 0 saturated heterocycles. The molecule has 1 heterocycles. The molecule has 27 heavy (non-hydrogen) atoms. The zero-order chi connectivity index (χ0) is 19.9. The van der Waals surface area contributed by atoms with E-state index in [4.69, 9.17) is 16.3 Å². The van der Waals surface area contributed by atoms with Crippen LogP contribution in [0, 0.1) is 0 Å². The first-order valence-electron chi connectivity index (χ1n) is 8.24. The number of thioether (sulfide) groups is 1. The number of amides is 1. The lowest BCUT2D eigenvalue weighted by Gasteiger charge is -2.22. The van der Waals surface area contributed by atoms with Crippen LogP contribution in [0.1, 0.15) is 20.3 Å². The summed E-state index contributed by atoms with van der Waals surface area (Å²) >= 11 is 7.20. The van der Waals surface area contributed by atoms with Crippen molar-refractivity contribution in [3.05, 3.63) is 35.6 Å². The summed E-state index contributed by atoms with van der Waals surface area (Å²) in [6, 6.07) is 7.19. The number of nitrogens with one attached hydrogen (secondary N) is 1. The minimum Gasteiger partial charge on any atom is -0.466 e. The van der Waals surface area contributed by atoms with E-state index in [-0.39, 0.29) is 31.2 Å². The molecule has 1 aromatic carbocycles. The first kappa shape index (κ1) is 21.2. The molecule has 146 valence electrons. The van der Waals surface area contributed by atoms with Gasteiger partial charge in [-0.3, -0.25) is 14.2 Å². The van der Waals surface area contributed by atoms with Gasteiger partial charge in [0.05, 0.1) is 30.1 Å². The summed E-state index contributed by atoms with van der Waals surface area (Å²) in [7, 11) is 0. The molecule has 0 unspecified atom stereocenters. The standard InChI is InChI=1S/C17H21ClN4O4S/c1-3-26-15(24)8-17(2,25)10-19-14(23)9-27-16-21-20-11-22(16)13-6-4-5-12(18)7-13/h4-7,11,25H,3,8-10H2,1-2H3,(H,19,23)/t17-/m1/s1. The maximum atomic E-state index is 12.1. The molecule has 0 aliphatic carbocycles. The van der Waals surface area contributed by atoms with Crippen LogP contribution in [0.2, 0.25) is 5.02 Å². The smallest absolute Gasteiger partial charge is 0.308 e. The predicted octanol–water partition coefficient (Wildman–Crippen LogP) is 1.83. The molecule has 0 fully saturated rings. The van der Waals surface area contributed by atoms with Gasteiger partial charge in [0.15, 0.2) is 5.16 Å². The van der Waals surface area contributed by atoms with Gasteiger partial charge in [-0.15, -0.1) is 10.2 Å². The van der Waals surface area contributed by atoms with Crippen LogP contribution in [0.4, 0.5) is 0 Å². The summed E-state index contributed by atoms with van der Waals surface area (Å²) in [4.78, 5) is 23.5. The summed E-state index contributed by atoms with van der Waals surface area (Å²) in [6.07, 6.45) is 1.34. The molecule has 0 aliphatic rings. The van der Waals surface area contributed by atoms with Gasteiger partial charge in [-0.1, -0.05) is 29.4 Å². The van der Waals surface area contributed by atoms with Gasteiger partial charge < -0.3 is 15.2 Å². The molecular formula is C17H21ClN4O4S. The van der Waals surface area contributed by atoms with Gasteiger partial charge in [-0.2, -0.15) is 0 Å². The number of hydrogen-bond donors (Lipinski definition) is 2. The monoisotopic (exact) mass is 412 g/mol. The number of aliphatic hydroxyl groups is 1. The highest BCUT2D eigenvalue weighted by molar-refractivity contribution is 7.99. The number of nitrogens with zero attached hydrogens (tertiary/aromatic N) is 3. The average molecular weight is 413 g/mol. The first-order chi connectivity index (χ1) is 12.8. The van der Waals surface area contributed by atoms with Gasteiger partial charge in [0, 0.05) is 11.6 Å². The molecule has 1 atom stereocenters. The fourth-order valence-corrected chi connectivity index (χ4v) is 3.12. The maximum Gasteiger partial charge on any atom is 0.308 e. The Hall–Kier alpha value is -2.10. The van der Waals surface area contributed by atoms with E-state index in [9.17, 15) is 14.7 Å². The Labute approximate surface area is 166 Å². The second-order valence-electron chi connectivity index (χ2n) is 6.01. The Kier molecular flexibility index (Phi) is 7.64. The van der Waals surface area contributed by atoms with Crippen molar-refractivity contribution in [2.75, 3.05) is 18.9 Å². The van der Waals surface area contributed by atoms with Crippen LogP contribution in [-0.4, -0.2) is 56.3 Å². The molecule has 2 aromatic rings. The summed E-state index contributed by atoms with van der Waals surface area (Å²) in [5.41, 5.74) is -0.597. The third kappa shape index (κ3) is 6.85. The number of halogens is 1. The van der Waals surface area contributed by atoms with Gasteiger partial charge in [0.1, 0.15) is 6.33 Å². The maximum absolute atomic E-state index is 12.1. The second-order valence-corrected chi connectivity index (χ2v) is 7.39. The quantitative estimate of drug-likeness (QED) is 0.478. The van der Waals surface area contributed by atoms with Crippen molar-refractivity contribution < 1.29 is 19.4 Å². The minimum absolute atomic E-state index is 0.0633. The topological polar surface area (TPSA) is 106 Å². The van der Waals surface area contributed by atoms with Crippen LogP contribution in [-0.2, 0) is 14.3 Å². The summed E-state index contributed by atoms with van der Waals surface area (Å²) in [5.74, 6) is -0.736. The van der Waals surface area contributed by atoms with Crippen LogP contribution in [0.25, 0.3) is 5.69 Å². The molecule has 2 rings (SSSR count). The van der Waals surface area contributed by atoms with E-state index >= 15 is 0 Å². The molecule has 0 radical (unpaired) electrons. The zero-order valence-electron chi connectivity index (χ0n) is 15.0. The predicted molar refractivity (Wildman–Crippen MR) is 102 cm³/mol. The van der Waals surface area contributed by atoms with Crippen LogP contribution in [0.5, 0.6) is 0 Å². The van der Waals surface area contributed by atoms with E-state index in [2.05, 4.69) is 15.5 Å². The second kappa shape index (κ2) is 9.72. The molecule has 0 saturated carbocycles. The fraction of sp³-hybridized carbons (Fsp3) is 0.412. The molecule has 8 nitrogen and oxygen atoms in total. The Balaban J connectivity index is 1.86. The first-order valence-corrected chi connectivity index (χ1v) is 9.60. The number of aromatic nitrogens is 3. The number of carbonyl (C=O) groups is 2. The van der Waals surface area contributed by atoms with Crippen molar-refractivity contribution in [1.82, 2.24) is 20.1 Å². The van der Waals surface area contributed by atoms with Gasteiger partial charge in [-0.05, 0) is 32.0 Å². The van der Waals surface area contributed by atoms with Crippen molar-refractivity contribution in [1.29, 1.82) is 0 Å². The van der Waals surface area contributed by atoms with Crippen LogP contribution in [0.3, 0.4) is 0 Å². The Morgan fingerprint density at radius 1 is 1.44 bits per heavy atom. The highest BCUT2D eigenvalue weighted by atomic mass is 35.5. The van der Waals surface area contributed by atoms with Crippen molar-refractivity contribution in [3.63, 3.8) is 0 Å². The Morgan fingerprint density at radius 3 is 2.93 bits per heavy atom. The van der Waals surface area contributed by atoms with Gasteiger partial charge in [0.2, 0.25) is 5.91 Å². The number of ether oxygens (including phenoxy) is 1. The lowest BCUT2D eigenvalue weighted by Crippen LogP contribution is -2.43. The number of esters is 1. The highest BCUT2D eigenvalue weighted by Gasteiger charge is 2.26. The SMILES string of the molecule is CCOC(=O)C[C@@](C)(O)CNC(=O)CSc1nncn1-c1cccc(Cl)c1. The summed E-state index contributed by atoms with van der Waals surface area (Å²) < 4.78 is 6.52. The molecule has 2 N–H and O–H groups in total. The molecule has 0 bridgehead atoms. The van der Waals surface area contributed by atoms with Crippen LogP contribution in [0.15, 0.2) is 35.7 Å². The Bertz CT molecular complexity index is 797. The summed E-state index contributed by atoms with van der Waals surface area (Å²) in [5, 5.41) is 21.8. The lowest BCUT2D eigenvalue weighted by atomic mass is 10.0. The average Bonchev–Trinajstić information content (AvgIpc) is 3.06. The van der Waals surface area contributed by atoms with Crippen molar-refractivity contribution in [3.8, 4) is 5.69 Å². The Morgan fingerprint density at radius 2 is 2.22 bits per heavy atom. The number of rotatable bonds is 9. The van der Waals surface area contributed by atoms with Crippen LogP contribution < -0.4 is 5.32 Å². The fourth-order valence-electron chi connectivity index (χ4n) is 2.18. The molecule has 0 spiro atoms. The van der Waals surface area contributed by atoms with Gasteiger partial charge in [0.25, 0.3) is 0 Å². The van der Waals surface area contributed by atoms with Crippen molar-refractivity contribution in [2.24, 2.45) is 0 Å². The minimum atomic E-state index is -1.38. The van der Waals surface area contributed by atoms with Crippen LogP contribution >= 0.6 is 23.4 Å². The normalized spacial score (nSPS) is 13.0. The number of carbonyl (C=O) groups excluding carboxylic acids is 2. The van der Waals surface area contributed by atoms with E-state index < -0.39 is 11.6 Å². The van der Waals surface area contributed by atoms with Crippen molar-refractivity contribution >= 4 is 35.2 Å². The summed E-state index contributed by atoms with van der Waals surface area (Å²) in [6.45, 7) is 3.33. The van der Waals surface area contributed by atoms with Gasteiger partial charge in [-0.25, -0.2) is 0 Å². The molecule has 1 amide bonds. The molecule has 10 heteroatoms. The van der Waals surface area contributed by atoms with E-state index in [0.29, 0.717) is 10.2 Å². The molecular weight excluding hydrogens is 392 g/mol. The lowest BCUT2D eigenvalue weighted by molar-refractivity contribution is -0.148. The largest absolute Gasteiger partial charge is 0.466 e. The van der Waals surface area contributed by atoms with Gasteiger partial charge >= 0.3 is 5.97 Å². The van der Waals surface area contributed by atoms with Crippen molar-refractivity contribution in [2.45, 2.75) is 31.0 Å². The number of hydrogen-bond acceptors (Lipinski definition) is 7. The number of benzene rings is 1. The van der Waals surface area contributed by atoms with E-state index in [1.807, 2.05) is 12.1 Å². The van der Waals surface area contributed by atoms with E-state index in [1.165, 1.54) is 25.0 Å². The zero-order valence-corrected chi connectivity index (χ0v) is 16.6. The molecule has 1 aromatic heterocycles. The highest BCUT2D eigenvalue weighted by Crippen LogP contribution is 2.21. The van der Waals surface area contributed by atoms with E-state index in [1.54, 1.807) is 23.6 Å². The molecule has 0 aliphatic heterocycles. The van der Waals surface area contributed by atoms with E-state index in [0.717, 1.165) is 5.69 Å². The third-order valence-corrected chi connectivity index (χ3v) is 4.61. The third-order valence-electron chi connectivity index (χ3n) is 3.43.